The largest absolute Gasteiger partial charge is 0.476 e. The molecule has 1 amide bonds. The lowest BCUT2D eigenvalue weighted by Crippen LogP contribution is -2.23. The van der Waals surface area contributed by atoms with Gasteiger partial charge in [-0.05, 0) is 24.6 Å². The zero-order valence-electron chi connectivity index (χ0n) is 12.2. The lowest BCUT2D eigenvalue weighted by Gasteiger charge is -2.15. The molecule has 0 aliphatic carbocycles. The topological polar surface area (TPSA) is 67.4 Å². The average molecular weight is 298 g/mol. The Bertz CT molecular complexity index is 616. The number of aromatic nitrogens is 2. The molecule has 6 nitrogen and oxygen atoms in total. The molecule has 1 fully saturated rings. The van der Waals surface area contributed by atoms with Crippen molar-refractivity contribution in [3.05, 3.63) is 42.7 Å². The predicted molar refractivity (Wildman–Crippen MR) is 84.0 cm³/mol. The first kappa shape index (κ1) is 14.3. The van der Waals surface area contributed by atoms with Gasteiger partial charge in [0.1, 0.15) is 12.4 Å². The van der Waals surface area contributed by atoms with Gasteiger partial charge in [0.05, 0.1) is 18.4 Å². The number of amides is 1. The third kappa shape index (κ3) is 3.52. The quantitative estimate of drug-likeness (QED) is 0.827. The molecule has 0 atom stereocenters. The van der Waals surface area contributed by atoms with Gasteiger partial charge in [-0.15, -0.1) is 0 Å². The minimum absolute atomic E-state index is 0.172. The van der Waals surface area contributed by atoms with Crippen LogP contribution in [0.3, 0.4) is 0 Å². The molecule has 22 heavy (non-hydrogen) atoms. The molecule has 2 aromatic heterocycles. The summed E-state index contributed by atoms with van der Waals surface area (Å²) >= 11 is 0. The second kappa shape index (κ2) is 6.89. The van der Waals surface area contributed by atoms with Gasteiger partial charge < -0.3 is 15.0 Å². The maximum atomic E-state index is 11.7. The first-order valence-electron chi connectivity index (χ1n) is 7.37. The number of ether oxygens (including phenoxy) is 1. The van der Waals surface area contributed by atoms with Crippen LogP contribution in [0.2, 0.25) is 0 Å². The highest BCUT2D eigenvalue weighted by molar-refractivity contribution is 5.95. The van der Waals surface area contributed by atoms with Crippen LogP contribution < -0.4 is 15.0 Å². The molecule has 2 aromatic rings. The molecule has 0 bridgehead atoms. The second-order valence-electron chi connectivity index (χ2n) is 4.99. The Hall–Kier alpha value is -2.63. The Morgan fingerprint density at radius 1 is 1.23 bits per heavy atom. The normalized spacial score (nSPS) is 14.2. The maximum absolute atomic E-state index is 11.7. The van der Waals surface area contributed by atoms with Gasteiger partial charge in [0.25, 0.3) is 0 Å². The zero-order valence-corrected chi connectivity index (χ0v) is 12.2. The standard InChI is InChI=1S/C16H18N4O2/c21-16-5-3-10-20(16)13-6-7-14(19-12-13)17-9-11-22-15-4-1-2-8-18-15/h1-2,4,6-8,12H,3,5,9-11H2,(H,17,19). The molecule has 6 heteroatoms. The first-order valence-corrected chi connectivity index (χ1v) is 7.37. The van der Waals surface area contributed by atoms with Crippen molar-refractivity contribution >= 4 is 17.4 Å². The van der Waals surface area contributed by atoms with Gasteiger partial charge in [0.2, 0.25) is 11.8 Å². The fraction of sp³-hybridized carbons (Fsp3) is 0.312. The van der Waals surface area contributed by atoms with Crippen molar-refractivity contribution in [2.24, 2.45) is 0 Å². The minimum atomic E-state index is 0.172. The van der Waals surface area contributed by atoms with Gasteiger partial charge in [-0.3, -0.25) is 4.79 Å². The van der Waals surface area contributed by atoms with Gasteiger partial charge in [0.15, 0.2) is 0 Å². The SMILES string of the molecule is O=C1CCCN1c1ccc(NCCOc2ccccn2)nc1. The number of anilines is 2. The van der Waals surface area contributed by atoms with E-state index in [1.807, 2.05) is 30.3 Å². The smallest absolute Gasteiger partial charge is 0.227 e. The van der Waals surface area contributed by atoms with E-state index in [1.165, 1.54) is 0 Å². The van der Waals surface area contributed by atoms with Crippen LogP contribution in [-0.4, -0.2) is 35.6 Å². The molecule has 114 valence electrons. The monoisotopic (exact) mass is 298 g/mol. The number of rotatable bonds is 6. The highest BCUT2D eigenvalue weighted by Crippen LogP contribution is 2.21. The summed E-state index contributed by atoms with van der Waals surface area (Å²) in [6.07, 6.45) is 4.97. The van der Waals surface area contributed by atoms with E-state index < -0.39 is 0 Å². The van der Waals surface area contributed by atoms with E-state index in [0.29, 0.717) is 25.5 Å². The summed E-state index contributed by atoms with van der Waals surface area (Å²) < 4.78 is 5.49. The van der Waals surface area contributed by atoms with E-state index in [1.54, 1.807) is 17.3 Å². The summed E-state index contributed by atoms with van der Waals surface area (Å²) in [5, 5.41) is 3.18. The Morgan fingerprint density at radius 2 is 2.18 bits per heavy atom. The number of nitrogens with one attached hydrogen (secondary N) is 1. The van der Waals surface area contributed by atoms with Crippen molar-refractivity contribution in [2.45, 2.75) is 12.8 Å². The van der Waals surface area contributed by atoms with Crippen LogP contribution in [-0.2, 0) is 4.79 Å². The molecule has 1 aliphatic heterocycles. The second-order valence-corrected chi connectivity index (χ2v) is 4.99. The first-order chi connectivity index (χ1) is 10.8. The van der Waals surface area contributed by atoms with Crippen LogP contribution in [0.5, 0.6) is 5.88 Å². The lowest BCUT2D eigenvalue weighted by atomic mass is 10.3. The molecule has 0 unspecified atom stereocenters. The third-order valence-electron chi connectivity index (χ3n) is 3.43. The third-order valence-corrected chi connectivity index (χ3v) is 3.43. The number of pyridine rings is 2. The van der Waals surface area contributed by atoms with Crippen LogP contribution in [0.1, 0.15) is 12.8 Å². The summed E-state index contributed by atoms with van der Waals surface area (Å²) in [5.41, 5.74) is 0.859. The number of nitrogens with zero attached hydrogens (tertiary/aromatic N) is 3. The zero-order chi connectivity index (χ0) is 15.2. The van der Waals surface area contributed by atoms with E-state index in [4.69, 9.17) is 4.74 Å². The predicted octanol–water partition coefficient (Wildman–Crippen LogP) is 2.09. The molecule has 0 spiro atoms. The van der Waals surface area contributed by atoms with Gasteiger partial charge in [-0.25, -0.2) is 9.97 Å². The van der Waals surface area contributed by atoms with Crippen molar-refractivity contribution in [1.82, 2.24) is 9.97 Å². The molecular weight excluding hydrogens is 280 g/mol. The highest BCUT2D eigenvalue weighted by Gasteiger charge is 2.21. The summed E-state index contributed by atoms with van der Waals surface area (Å²) in [4.78, 5) is 21.9. The lowest BCUT2D eigenvalue weighted by molar-refractivity contribution is -0.117. The number of carbonyl (C=O) groups is 1. The van der Waals surface area contributed by atoms with Crippen LogP contribution in [0.15, 0.2) is 42.7 Å². The van der Waals surface area contributed by atoms with Gasteiger partial charge in [-0.1, -0.05) is 6.07 Å². The number of hydrogen-bond donors (Lipinski definition) is 1. The van der Waals surface area contributed by atoms with E-state index >= 15 is 0 Å². The van der Waals surface area contributed by atoms with Crippen molar-refractivity contribution in [3.63, 3.8) is 0 Å². The summed E-state index contributed by atoms with van der Waals surface area (Å²) in [6.45, 7) is 1.92. The molecule has 1 saturated heterocycles. The van der Waals surface area contributed by atoms with Gasteiger partial charge in [-0.2, -0.15) is 0 Å². The molecule has 1 aliphatic rings. The fourth-order valence-electron chi connectivity index (χ4n) is 2.34. The van der Waals surface area contributed by atoms with Crippen molar-refractivity contribution in [2.75, 3.05) is 29.9 Å². The molecule has 0 saturated carbocycles. The van der Waals surface area contributed by atoms with Crippen LogP contribution in [0, 0.1) is 0 Å². The van der Waals surface area contributed by atoms with Crippen molar-refractivity contribution < 1.29 is 9.53 Å². The Balaban J connectivity index is 1.46. The summed E-state index contributed by atoms with van der Waals surface area (Å²) in [5.74, 6) is 1.55. The van der Waals surface area contributed by atoms with Crippen LogP contribution >= 0.6 is 0 Å². The van der Waals surface area contributed by atoms with E-state index in [0.717, 1.165) is 24.5 Å². The fourth-order valence-corrected chi connectivity index (χ4v) is 2.34. The van der Waals surface area contributed by atoms with E-state index in [-0.39, 0.29) is 5.91 Å². The van der Waals surface area contributed by atoms with Gasteiger partial charge in [0, 0.05) is 25.2 Å². The summed E-state index contributed by atoms with van der Waals surface area (Å²) in [7, 11) is 0. The van der Waals surface area contributed by atoms with Crippen molar-refractivity contribution in [1.29, 1.82) is 0 Å². The molecule has 0 radical (unpaired) electrons. The maximum Gasteiger partial charge on any atom is 0.227 e. The van der Waals surface area contributed by atoms with E-state index in [9.17, 15) is 4.79 Å². The Labute approximate surface area is 129 Å². The molecule has 1 N–H and O–H groups in total. The Morgan fingerprint density at radius 3 is 2.86 bits per heavy atom. The number of hydrogen-bond acceptors (Lipinski definition) is 5. The molecule has 3 heterocycles. The van der Waals surface area contributed by atoms with Crippen LogP contribution in [0.25, 0.3) is 0 Å². The average Bonchev–Trinajstić information content (AvgIpc) is 2.99. The molecular formula is C16H18N4O2. The highest BCUT2D eigenvalue weighted by atomic mass is 16.5. The van der Waals surface area contributed by atoms with E-state index in [2.05, 4.69) is 15.3 Å². The number of carbonyl (C=O) groups excluding carboxylic acids is 1. The molecule has 0 aromatic carbocycles. The van der Waals surface area contributed by atoms with Gasteiger partial charge >= 0.3 is 0 Å². The molecule has 3 rings (SSSR count). The van der Waals surface area contributed by atoms with Crippen molar-refractivity contribution in [3.8, 4) is 5.88 Å². The Kier molecular flexibility index (Phi) is 4.48. The van der Waals surface area contributed by atoms with Crippen LogP contribution in [0.4, 0.5) is 11.5 Å². The summed E-state index contributed by atoms with van der Waals surface area (Å²) in [6, 6.07) is 9.34. The minimum Gasteiger partial charge on any atom is -0.476 e.